The Kier molecular flexibility index (Phi) is 4.13. The van der Waals surface area contributed by atoms with E-state index in [1.807, 2.05) is 24.3 Å². The Labute approximate surface area is 129 Å². The molecule has 4 nitrogen and oxygen atoms in total. The number of carboxylic acid groups (broad SMARTS) is 1. The lowest BCUT2D eigenvalue weighted by Gasteiger charge is -2.30. The lowest BCUT2D eigenvalue weighted by molar-refractivity contribution is -0.145. The maximum absolute atomic E-state index is 11.9. The fourth-order valence-corrected chi connectivity index (χ4v) is 3.84. The molecule has 3 rings (SSSR count). The average molecular weight is 307 g/mol. The van der Waals surface area contributed by atoms with Crippen LogP contribution >= 0.6 is 11.8 Å². The van der Waals surface area contributed by atoms with E-state index in [-0.39, 0.29) is 5.92 Å². The zero-order valence-corrected chi connectivity index (χ0v) is 13.0. The first kappa shape index (κ1) is 14.7. The van der Waals surface area contributed by atoms with E-state index in [4.69, 9.17) is 4.74 Å². The molecule has 1 aromatic rings. The molecule has 21 heavy (non-hydrogen) atoms. The van der Waals surface area contributed by atoms with E-state index in [0.717, 1.165) is 36.3 Å². The van der Waals surface area contributed by atoms with E-state index in [0.29, 0.717) is 11.8 Å². The monoisotopic (exact) mass is 307 g/mol. The van der Waals surface area contributed by atoms with Crippen molar-refractivity contribution in [1.82, 2.24) is 5.32 Å². The van der Waals surface area contributed by atoms with E-state index in [9.17, 15) is 9.90 Å². The summed E-state index contributed by atoms with van der Waals surface area (Å²) >= 11 is 1.60. The topological polar surface area (TPSA) is 58.6 Å². The van der Waals surface area contributed by atoms with E-state index in [1.165, 1.54) is 0 Å². The van der Waals surface area contributed by atoms with E-state index >= 15 is 0 Å². The molecule has 0 amide bonds. The number of ether oxygens (including phenoxy) is 1. The van der Waals surface area contributed by atoms with Gasteiger partial charge in [0.15, 0.2) is 0 Å². The second kappa shape index (κ2) is 5.89. The molecule has 2 aliphatic carbocycles. The second-order valence-electron chi connectivity index (χ2n) is 5.94. The van der Waals surface area contributed by atoms with Crippen LogP contribution < -0.4 is 10.1 Å². The highest BCUT2D eigenvalue weighted by Gasteiger charge is 2.53. The number of hydrogen-bond donors (Lipinski definition) is 2. The summed E-state index contributed by atoms with van der Waals surface area (Å²) in [5.74, 6) is 0.944. The van der Waals surface area contributed by atoms with Crippen molar-refractivity contribution >= 4 is 17.7 Å². The molecular weight excluding hydrogens is 286 g/mol. The molecule has 0 saturated heterocycles. The molecule has 5 heteroatoms. The molecule has 1 atom stereocenters. The summed E-state index contributed by atoms with van der Waals surface area (Å²) in [6.07, 6.45) is 4.24. The fraction of sp³-hybridized carbons (Fsp3) is 0.562. The van der Waals surface area contributed by atoms with E-state index in [2.05, 4.69) is 5.32 Å². The molecule has 0 bridgehead atoms. The number of carboxylic acids is 1. The molecule has 2 fully saturated rings. The predicted octanol–water partition coefficient (Wildman–Crippen LogP) is 2.77. The molecule has 0 spiro atoms. The van der Waals surface area contributed by atoms with Crippen molar-refractivity contribution < 1.29 is 14.6 Å². The number of carbonyl (C=O) groups is 1. The van der Waals surface area contributed by atoms with E-state index < -0.39 is 11.5 Å². The lowest BCUT2D eigenvalue weighted by atomic mass is 9.95. The highest BCUT2D eigenvalue weighted by Crippen LogP contribution is 2.44. The highest BCUT2D eigenvalue weighted by molar-refractivity contribution is 7.99. The minimum atomic E-state index is -0.769. The van der Waals surface area contributed by atoms with Crippen LogP contribution in [0, 0.1) is 5.92 Å². The van der Waals surface area contributed by atoms with Gasteiger partial charge in [-0.15, -0.1) is 11.8 Å². The Balaban J connectivity index is 1.72. The molecule has 2 aliphatic rings. The zero-order chi connectivity index (χ0) is 14.9. The van der Waals surface area contributed by atoms with Gasteiger partial charge in [0.2, 0.25) is 0 Å². The molecule has 1 unspecified atom stereocenters. The minimum Gasteiger partial charge on any atom is -0.497 e. The van der Waals surface area contributed by atoms with Crippen LogP contribution in [0.1, 0.15) is 25.7 Å². The maximum Gasteiger partial charge on any atom is 0.325 e. The molecular formula is C16H21NO3S. The van der Waals surface area contributed by atoms with Crippen molar-refractivity contribution in [3.8, 4) is 5.75 Å². The van der Waals surface area contributed by atoms with Crippen molar-refractivity contribution in [1.29, 1.82) is 0 Å². The van der Waals surface area contributed by atoms with Crippen molar-refractivity contribution in [3.63, 3.8) is 0 Å². The van der Waals surface area contributed by atoms with Gasteiger partial charge in [-0.05, 0) is 49.8 Å². The van der Waals surface area contributed by atoms with Crippen molar-refractivity contribution in [3.05, 3.63) is 24.3 Å². The number of hydrogen-bond acceptors (Lipinski definition) is 4. The first-order valence-electron chi connectivity index (χ1n) is 7.42. The van der Waals surface area contributed by atoms with Gasteiger partial charge in [0.25, 0.3) is 0 Å². The van der Waals surface area contributed by atoms with Crippen LogP contribution in [0.25, 0.3) is 0 Å². The number of methoxy groups -OCH3 is 1. The van der Waals surface area contributed by atoms with Gasteiger partial charge in [0.1, 0.15) is 11.3 Å². The van der Waals surface area contributed by atoms with Crippen LogP contribution in [0.5, 0.6) is 5.75 Å². The molecule has 0 aromatic heterocycles. The third-order valence-electron chi connectivity index (χ3n) is 4.20. The highest BCUT2D eigenvalue weighted by atomic mass is 32.2. The molecule has 2 N–H and O–H groups in total. The standard InChI is InChI=1S/C16H21NO3S/c1-20-13-3-2-4-14(9-13)21-10-16(15(18)19,11-5-6-11)17-12-7-8-12/h2-4,9,11-12,17H,5-8,10H2,1H3,(H,18,19). The molecule has 114 valence electrons. The van der Waals surface area contributed by atoms with Crippen LogP contribution in [0.2, 0.25) is 0 Å². The number of nitrogens with one attached hydrogen (secondary N) is 1. The molecule has 1 aromatic carbocycles. The zero-order valence-electron chi connectivity index (χ0n) is 12.2. The molecule has 0 aliphatic heterocycles. The van der Waals surface area contributed by atoms with Gasteiger partial charge in [-0.3, -0.25) is 10.1 Å². The lowest BCUT2D eigenvalue weighted by Crippen LogP contribution is -2.57. The van der Waals surface area contributed by atoms with Crippen molar-refractivity contribution in [2.24, 2.45) is 5.92 Å². The van der Waals surface area contributed by atoms with Gasteiger partial charge in [-0.1, -0.05) is 6.07 Å². The Morgan fingerprint density at radius 2 is 2.19 bits per heavy atom. The number of aliphatic carboxylic acids is 1. The predicted molar refractivity (Wildman–Crippen MR) is 83.0 cm³/mol. The van der Waals surface area contributed by atoms with Crippen LogP contribution in [-0.2, 0) is 4.79 Å². The Bertz CT molecular complexity index is 528. The molecule has 2 saturated carbocycles. The summed E-state index contributed by atoms with van der Waals surface area (Å²) in [5, 5.41) is 13.2. The normalized spacial score (nSPS) is 20.8. The Morgan fingerprint density at radius 1 is 1.43 bits per heavy atom. The number of thioether (sulfide) groups is 1. The Morgan fingerprint density at radius 3 is 2.76 bits per heavy atom. The largest absolute Gasteiger partial charge is 0.497 e. The minimum absolute atomic E-state index is 0.272. The average Bonchev–Trinajstić information content (AvgIpc) is 3.36. The van der Waals surface area contributed by atoms with Gasteiger partial charge >= 0.3 is 5.97 Å². The summed E-state index contributed by atoms with van der Waals surface area (Å²) in [6, 6.07) is 8.20. The number of benzene rings is 1. The van der Waals surface area contributed by atoms with Crippen LogP contribution in [0.4, 0.5) is 0 Å². The van der Waals surface area contributed by atoms with Crippen LogP contribution in [0.15, 0.2) is 29.2 Å². The maximum atomic E-state index is 11.9. The van der Waals surface area contributed by atoms with Gasteiger partial charge < -0.3 is 9.84 Å². The third-order valence-corrected chi connectivity index (χ3v) is 5.39. The van der Waals surface area contributed by atoms with Gasteiger partial charge in [-0.25, -0.2) is 0 Å². The fourth-order valence-electron chi connectivity index (χ4n) is 2.63. The van der Waals surface area contributed by atoms with Crippen molar-refractivity contribution in [2.75, 3.05) is 12.9 Å². The second-order valence-corrected chi connectivity index (χ2v) is 6.99. The molecule has 0 heterocycles. The molecule has 0 radical (unpaired) electrons. The van der Waals surface area contributed by atoms with Crippen molar-refractivity contribution in [2.45, 2.75) is 42.2 Å². The van der Waals surface area contributed by atoms with Crippen LogP contribution in [-0.4, -0.2) is 35.5 Å². The van der Waals surface area contributed by atoms with Gasteiger partial charge in [0.05, 0.1) is 7.11 Å². The van der Waals surface area contributed by atoms with Crippen LogP contribution in [0.3, 0.4) is 0 Å². The first-order chi connectivity index (χ1) is 10.1. The number of rotatable bonds is 8. The van der Waals surface area contributed by atoms with E-state index in [1.54, 1.807) is 18.9 Å². The first-order valence-corrected chi connectivity index (χ1v) is 8.40. The quantitative estimate of drug-likeness (QED) is 0.723. The Hall–Kier alpha value is -1.20. The summed E-state index contributed by atoms with van der Waals surface area (Å²) in [6.45, 7) is 0. The summed E-state index contributed by atoms with van der Waals surface area (Å²) in [5.41, 5.74) is -0.769. The van der Waals surface area contributed by atoms with Gasteiger partial charge in [0, 0.05) is 16.7 Å². The third kappa shape index (κ3) is 3.35. The SMILES string of the molecule is COc1cccc(SCC(NC2CC2)(C(=O)O)C2CC2)c1. The summed E-state index contributed by atoms with van der Waals surface area (Å²) in [4.78, 5) is 13.0. The summed E-state index contributed by atoms with van der Waals surface area (Å²) < 4.78 is 5.22. The summed E-state index contributed by atoms with van der Waals surface area (Å²) in [7, 11) is 1.64. The smallest absolute Gasteiger partial charge is 0.325 e. The van der Waals surface area contributed by atoms with Gasteiger partial charge in [-0.2, -0.15) is 0 Å².